The molecule has 1 aromatic heterocycles. The molecule has 72 valence electrons. The average molecular weight is 182 g/mol. The van der Waals surface area contributed by atoms with E-state index >= 15 is 0 Å². The van der Waals surface area contributed by atoms with Gasteiger partial charge in [0, 0.05) is 0 Å². The van der Waals surface area contributed by atoms with Gasteiger partial charge >= 0.3 is 5.97 Å². The first-order valence-electron chi connectivity index (χ1n) is 4.45. The van der Waals surface area contributed by atoms with Gasteiger partial charge in [-0.3, -0.25) is 4.79 Å². The first-order chi connectivity index (χ1) is 6.25. The van der Waals surface area contributed by atoms with Crippen molar-refractivity contribution in [3.8, 4) is 0 Å². The van der Waals surface area contributed by atoms with Gasteiger partial charge in [0.2, 0.25) is 0 Å². The van der Waals surface area contributed by atoms with Crippen molar-refractivity contribution in [3.05, 3.63) is 24.2 Å². The minimum Gasteiger partial charge on any atom is -0.468 e. The highest BCUT2D eigenvalue weighted by Crippen LogP contribution is 2.16. The van der Waals surface area contributed by atoms with Crippen LogP contribution in [0.4, 0.5) is 0 Å². The molecule has 0 N–H and O–H groups in total. The topological polar surface area (TPSA) is 39.4 Å². The number of hydrogen-bond acceptors (Lipinski definition) is 3. The fourth-order valence-corrected chi connectivity index (χ4v) is 0.981. The lowest BCUT2D eigenvalue weighted by Crippen LogP contribution is -2.12. The molecule has 13 heavy (non-hydrogen) atoms. The maximum absolute atomic E-state index is 11.3. The molecule has 0 bridgehead atoms. The number of ether oxygens (including phenoxy) is 1. The molecule has 0 fully saturated rings. The van der Waals surface area contributed by atoms with E-state index in [0.29, 0.717) is 12.4 Å². The molecule has 0 radical (unpaired) electrons. The number of furan rings is 1. The van der Waals surface area contributed by atoms with Crippen LogP contribution in [0.5, 0.6) is 0 Å². The fraction of sp³-hybridized carbons (Fsp3) is 0.500. The molecule has 0 amide bonds. The number of hydrogen-bond donors (Lipinski definition) is 0. The van der Waals surface area contributed by atoms with Crippen LogP contribution in [0.3, 0.4) is 0 Å². The van der Waals surface area contributed by atoms with Gasteiger partial charge in [-0.15, -0.1) is 0 Å². The van der Waals surface area contributed by atoms with E-state index in [0.717, 1.165) is 6.42 Å². The molecule has 0 saturated carbocycles. The summed E-state index contributed by atoms with van der Waals surface area (Å²) in [5, 5.41) is 0. The predicted octanol–water partition coefficient (Wildman–Crippen LogP) is 2.34. The van der Waals surface area contributed by atoms with Crippen molar-refractivity contribution in [1.29, 1.82) is 0 Å². The Bertz CT molecular complexity index is 251. The van der Waals surface area contributed by atoms with E-state index in [4.69, 9.17) is 9.15 Å². The summed E-state index contributed by atoms with van der Waals surface area (Å²) < 4.78 is 10.1. The Balaban J connectivity index is 2.48. The highest BCUT2D eigenvalue weighted by Gasteiger charge is 2.18. The summed E-state index contributed by atoms with van der Waals surface area (Å²) in [5.74, 6) is 0.124. The van der Waals surface area contributed by atoms with E-state index in [1.807, 2.05) is 6.92 Å². The molecule has 1 aromatic rings. The van der Waals surface area contributed by atoms with Gasteiger partial charge < -0.3 is 9.15 Å². The summed E-state index contributed by atoms with van der Waals surface area (Å²) in [5.41, 5.74) is 0. The van der Waals surface area contributed by atoms with Crippen LogP contribution >= 0.6 is 0 Å². The Kier molecular flexibility index (Phi) is 3.55. The zero-order valence-corrected chi connectivity index (χ0v) is 7.95. The molecular weight excluding hydrogens is 168 g/mol. The summed E-state index contributed by atoms with van der Waals surface area (Å²) in [6.07, 6.45) is 2.40. The standard InChI is InChI=1S/C10H14O3/c1-3-6-13-10(11)8(2)9-5-4-7-12-9/h4-5,7-8H,3,6H2,1-2H3. The molecule has 3 nitrogen and oxygen atoms in total. The number of rotatable bonds is 4. The predicted molar refractivity (Wildman–Crippen MR) is 48.4 cm³/mol. The van der Waals surface area contributed by atoms with Crippen LogP contribution in [0.25, 0.3) is 0 Å². The van der Waals surface area contributed by atoms with Crippen LogP contribution in [-0.4, -0.2) is 12.6 Å². The van der Waals surface area contributed by atoms with Crippen molar-refractivity contribution in [2.45, 2.75) is 26.2 Å². The van der Waals surface area contributed by atoms with Crippen molar-refractivity contribution >= 4 is 5.97 Å². The zero-order valence-electron chi connectivity index (χ0n) is 7.95. The zero-order chi connectivity index (χ0) is 9.68. The summed E-state index contributed by atoms with van der Waals surface area (Å²) in [6.45, 7) is 4.21. The second kappa shape index (κ2) is 4.70. The SMILES string of the molecule is CCCOC(=O)C(C)c1ccco1. The average Bonchev–Trinajstić information content (AvgIpc) is 2.65. The van der Waals surface area contributed by atoms with Crippen molar-refractivity contribution < 1.29 is 13.9 Å². The highest BCUT2D eigenvalue weighted by atomic mass is 16.5. The number of esters is 1. The van der Waals surface area contributed by atoms with E-state index in [1.54, 1.807) is 25.3 Å². The van der Waals surface area contributed by atoms with E-state index in [9.17, 15) is 4.79 Å². The quantitative estimate of drug-likeness (QED) is 0.671. The monoisotopic (exact) mass is 182 g/mol. The normalized spacial score (nSPS) is 12.5. The molecule has 0 aliphatic heterocycles. The van der Waals surface area contributed by atoms with Crippen molar-refractivity contribution in [2.75, 3.05) is 6.61 Å². The Morgan fingerprint density at radius 2 is 2.46 bits per heavy atom. The van der Waals surface area contributed by atoms with Gasteiger partial charge in [0.15, 0.2) is 0 Å². The minimum atomic E-state index is -0.304. The Morgan fingerprint density at radius 1 is 1.69 bits per heavy atom. The van der Waals surface area contributed by atoms with Crippen molar-refractivity contribution in [3.63, 3.8) is 0 Å². The van der Waals surface area contributed by atoms with E-state index in [-0.39, 0.29) is 11.9 Å². The first kappa shape index (κ1) is 9.84. The maximum Gasteiger partial charge on any atom is 0.316 e. The molecule has 3 heteroatoms. The summed E-state index contributed by atoms with van der Waals surface area (Å²) in [4.78, 5) is 11.3. The molecule has 1 rings (SSSR count). The lowest BCUT2D eigenvalue weighted by molar-refractivity contribution is -0.145. The lowest BCUT2D eigenvalue weighted by atomic mass is 10.1. The molecule has 1 heterocycles. The Morgan fingerprint density at radius 3 is 3.00 bits per heavy atom. The number of carbonyl (C=O) groups excluding carboxylic acids is 1. The summed E-state index contributed by atoms with van der Waals surface area (Å²) in [6, 6.07) is 3.54. The third-order valence-electron chi connectivity index (χ3n) is 1.77. The van der Waals surface area contributed by atoms with Gasteiger partial charge in [0.25, 0.3) is 0 Å². The van der Waals surface area contributed by atoms with Crippen LogP contribution < -0.4 is 0 Å². The summed E-state index contributed by atoms with van der Waals surface area (Å²) >= 11 is 0. The smallest absolute Gasteiger partial charge is 0.316 e. The first-order valence-corrected chi connectivity index (χ1v) is 4.45. The van der Waals surface area contributed by atoms with Crippen LogP contribution in [0, 0.1) is 0 Å². The van der Waals surface area contributed by atoms with Crippen molar-refractivity contribution in [2.24, 2.45) is 0 Å². The molecule has 1 atom stereocenters. The van der Waals surface area contributed by atoms with Crippen LogP contribution in [0.2, 0.25) is 0 Å². The van der Waals surface area contributed by atoms with Crippen LogP contribution in [0.15, 0.2) is 22.8 Å². The van der Waals surface area contributed by atoms with E-state index in [1.165, 1.54) is 0 Å². The van der Waals surface area contributed by atoms with Crippen molar-refractivity contribution in [1.82, 2.24) is 0 Å². The molecule has 0 saturated heterocycles. The Labute approximate surface area is 77.7 Å². The molecule has 1 unspecified atom stereocenters. The maximum atomic E-state index is 11.3. The molecule has 0 aromatic carbocycles. The van der Waals surface area contributed by atoms with Gasteiger partial charge in [-0.2, -0.15) is 0 Å². The third kappa shape index (κ3) is 2.61. The van der Waals surface area contributed by atoms with Crippen LogP contribution in [0.1, 0.15) is 31.9 Å². The van der Waals surface area contributed by atoms with Gasteiger partial charge in [-0.05, 0) is 25.5 Å². The lowest BCUT2D eigenvalue weighted by Gasteiger charge is -2.07. The molecular formula is C10H14O3. The molecule has 0 aliphatic rings. The van der Waals surface area contributed by atoms with Gasteiger partial charge in [0.05, 0.1) is 12.9 Å². The largest absolute Gasteiger partial charge is 0.468 e. The van der Waals surface area contributed by atoms with Gasteiger partial charge in [0.1, 0.15) is 11.7 Å². The number of carbonyl (C=O) groups is 1. The van der Waals surface area contributed by atoms with E-state index in [2.05, 4.69) is 0 Å². The second-order valence-corrected chi connectivity index (χ2v) is 2.90. The third-order valence-corrected chi connectivity index (χ3v) is 1.77. The van der Waals surface area contributed by atoms with E-state index < -0.39 is 0 Å². The second-order valence-electron chi connectivity index (χ2n) is 2.90. The highest BCUT2D eigenvalue weighted by molar-refractivity contribution is 5.76. The molecule has 0 spiro atoms. The fourth-order valence-electron chi connectivity index (χ4n) is 0.981. The molecule has 0 aliphatic carbocycles. The summed E-state index contributed by atoms with van der Waals surface area (Å²) in [7, 11) is 0. The van der Waals surface area contributed by atoms with Gasteiger partial charge in [-0.1, -0.05) is 6.92 Å². The Hall–Kier alpha value is -1.25. The minimum absolute atomic E-state index is 0.225. The van der Waals surface area contributed by atoms with Crippen LogP contribution in [-0.2, 0) is 9.53 Å². The van der Waals surface area contributed by atoms with Gasteiger partial charge in [-0.25, -0.2) is 0 Å².